The summed E-state index contributed by atoms with van der Waals surface area (Å²) in [4.78, 5) is 15.5. The lowest BCUT2D eigenvalue weighted by atomic mass is 9.92. The van der Waals surface area contributed by atoms with Gasteiger partial charge in [0.15, 0.2) is 17.5 Å². The molecule has 2 aliphatic rings. The first-order chi connectivity index (χ1) is 15.3. The Bertz CT molecular complexity index is 1100. The van der Waals surface area contributed by atoms with Crippen LogP contribution in [0.25, 0.3) is 5.65 Å². The van der Waals surface area contributed by atoms with Crippen molar-refractivity contribution in [3.8, 4) is 5.75 Å². The Morgan fingerprint density at radius 3 is 2.59 bits per heavy atom. The van der Waals surface area contributed by atoms with E-state index in [0.717, 1.165) is 44.5 Å². The molecular formula is C21H24F3N7O. The largest absolute Gasteiger partial charge is 0.477 e. The second-order valence-electron chi connectivity index (χ2n) is 8.51. The number of hydrogen-bond acceptors (Lipinski definition) is 7. The second-order valence-corrected chi connectivity index (χ2v) is 8.51. The van der Waals surface area contributed by atoms with Crippen LogP contribution in [-0.4, -0.2) is 56.0 Å². The van der Waals surface area contributed by atoms with E-state index in [0.29, 0.717) is 17.8 Å². The van der Waals surface area contributed by atoms with Gasteiger partial charge in [-0.25, -0.2) is 14.5 Å². The first kappa shape index (κ1) is 20.8. The number of fused-ring (bicyclic) bond motifs is 3. The average molecular weight is 447 g/mol. The molecule has 3 aromatic rings. The first-order valence-corrected chi connectivity index (χ1v) is 10.7. The maximum absolute atomic E-state index is 12.9. The number of aromatic nitrogens is 5. The van der Waals surface area contributed by atoms with Gasteiger partial charge >= 0.3 is 6.18 Å². The Morgan fingerprint density at radius 2 is 1.91 bits per heavy atom. The topological polar surface area (TPSA) is 80.5 Å². The summed E-state index contributed by atoms with van der Waals surface area (Å²) in [6.07, 6.45) is -0.783. The van der Waals surface area contributed by atoms with Gasteiger partial charge in [-0.1, -0.05) is 0 Å². The van der Waals surface area contributed by atoms with Crippen molar-refractivity contribution < 1.29 is 17.9 Å². The number of ether oxygens (including phenoxy) is 1. The zero-order valence-corrected chi connectivity index (χ0v) is 17.8. The Labute approximate surface area is 182 Å². The molecule has 0 amide bonds. The van der Waals surface area contributed by atoms with Crippen molar-refractivity contribution in [1.29, 1.82) is 0 Å². The molecule has 2 fully saturated rings. The van der Waals surface area contributed by atoms with E-state index in [2.05, 4.69) is 30.3 Å². The zero-order chi connectivity index (χ0) is 22.5. The number of hydrogen-bond donors (Lipinski definition) is 1. The number of aryl methyl sites for hydroxylation is 1. The number of rotatable bonds is 5. The third-order valence-corrected chi connectivity index (χ3v) is 6.31. The van der Waals surface area contributed by atoms with Gasteiger partial charge in [-0.15, -0.1) is 5.10 Å². The molecule has 32 heavy (non-hydrogen) atoms. The third-order valence-electron chi connectivity index (χ3n) is 6.31. The normalized spacial score (nSPS) is 24.0. The molecule has 1 saturated heterocycles. The Morgan fingerprint density at radius 1 is 1.16 bits per heavy atom. The summed E-state index contributed by atoms with van der Waals surface area (Å²) in [6.45, 7) is 4.60. The average Bonchev–Trinajstić information content (AvgIpc) is 3.24. The van der Waals surface area contributed by atoms with Crippen LogP contribution in [0.5, 0.6) is 5.75 Å². The molecule has 1 N–H and O–H groups in total. The molecule has 2 bridgehead atoms. The fraction of sp³-hybridized carbons (Fsp3) is 0.524. The van der Waals surface area contributed by atoms with Crippen LogP contribution in [0.15, 0.2) is 30.6 Å². The van der Waals surface area contributed by atoms with E-state index in [1.54, 1.807) is 18.5 Å². The fourth-order valence-corrected chi connectivity index (χ4v) is 4.71. The monoisotopic (exact) mass is 447 g/mol. The predicted octanol–water partition coefficient (Wildman–Crippen LogP) is 3.48. The molecule has 0 radical (unpaired) electrons. The minimum atomic E-state index is -4.46. The lowest BCUT2D eigenvalue weighted by Gasteiger charge is -2.38. The number of alkyl halides is 3. The Hall–Kier alpha value is -3.11. The molecule has 1 saturated carbocycles. The van der Waals surface area contributed by atoms with Gasteiger partial charge in [-0.3, -0.25) is 0 Å². The van der Waals surface area contributed by atoms with Crippen molar-refractivity contribution in [3.63, 3.8) is 0 Å². The second kappa shape index (κ2) is 7.79. The highest BCUT2D eigenvalue weighted by molar-refractivity contribution is 5.56. The number of halogens is 3. The number of piperidine rings is 1. The highest BCUT2D eigenvalue weighted by Gasteiger charge is 2.43. The van der Waals surface area contributed by atoms with Crippen LogP contribution in [0.4, 0.5) is 24.9 Å². The summed E-state index contributed by atoms with van der Waals surface area (Å²) in [5.74, 6) is 2.94. The molecule has 0 spiro atoms. The summed E-state index contributed by atoms with van der Waals surface area (Å²) < 4.78 is 45.4. The standard InChI is InChI=1S/C21H24F3N7O/c1-12(21(22,23)24)32-16-4-3-9-31-19(16)28-20(29-31)27-18-14-5-6-15(18)11-30(10-14)17-7-8-25-13(2)26-17/h3-4,7-9,12,14-15,18H,5-6,10-11H2,1-2H3,(H,27,29)/t12?,14-,15+,18-. The first-order valence-electron chi connectivity index (χ1n) is 10.7. The van der Waals surface area contributed by atoms with Crippen molar-refractivity contribution in [2.75, 3.05) is 23.3 Å². The van der Waals surface area contributed by atoms with Crippen LogP contribution in [0.3, 0.4) is 0 Å². The molecule has 8 nitrogen and oxygen atoms in total. The molecule has 3 aromatic heterocycles. The summed E-state index contributed by atoms with van der Waals surface area (Å²) in [7, 11) is 0. The summed E-state index contributed by atoms with van der Waals surface area (Å²) in [6, 6.07) is 5.20. The third kappa shape index (κ3) is 3.91. The van der Waals surface area contributed by atoms with Gasteiger partial charge in [-0.05, 0) is 56.7 Å². The van der Waals surface area contributed by atoms with Gasteiger partial charge in [0.25, 0.3) is 0 Å². The molecule has 4 atom stereocenters. The van der Waals surface area contributed by atoms with Crippen LogP contribution in [-0.2, 0) is 0 Å². The van der Waals surface area contributed by atoms with Gasteiger partial charge in [0, 0.05) is 31.5 Å². The fourth-order valence-electron chi connectivity index (χ4n) is 4.71. The van der Waals surface area contributed by atoms with E-state index in [9.17, 15) is 13.2 Å². The molecule has 1 unspecified atom stereocenters. The number of anilines is 2. The van der Waals surface area contributed by atoms with Crippen molar-refractivity contribution >= 4 is 17.4 Å². The van der Waals surface area contributed by atoms with Gasteiger partial charge in [-0.2, -0.15) is 18.2 Å². The van der Waals surface area contributed by atoms with E-state index >= 15 is 0 Å². The van der Waals surface area contributed by atoms with E-state index in [-0.39, 0.29) is 17.4 Å². The summed E-state index contributed by atoms with van der Waals surface area (Å²) in [5.41, 5.74) is 0.257. The molecule has 5 rings (SSSR count). The molecule has 170 valence electrons. The lowest BCUT2D eigenvalue weighted by molar-refractivity contribution is -0.189. The zero-order valence-electron chi connectivity index (χ0n) is 17.8. The molecular weight excluding hydrogens is 423 g/mol. The van der Waals surface area contributed by atoms with Crippen LogP contribution >= 0.6 is 0 Å². The van der Waals surface area contributed by atoms with E-state index in [1.165, 1.54) is 10.6 Å². The van der Waals surface area contributed by atoms with E-state index < -0.39 is 12.3 Å². The Kier molecular flexibility index (Phi) is 5.06. The minimum absolute atomic E-state index is 0.0507. The highest BCUT2D eigenvalue weighted by atomic mass is 19.4. The smallest absolute Gasteiger partial charge is 0.425 e. The maximum Gasteiger partial charge on any atom is 0.425 e. The number of nitrogens with zero attached hydrogens (tertiary/aromatic N) is 6. The predicted molar refractivity (Wildman–Crippen MR) is 112 cm³/mol. The van der Waals surface area contributed by atoms with Gasteiger partial charge < -0.3 is 15.0 Å². The molecule has 4 heterocycles. The van der Waals surface area contributed by atoms with Crippen LogP contribution in [0.2, 0.25) is 0 Å². The van der Waals surface area contributed by atoms with Crippen molar-refractivity contribution in [2.24, 2.45) is 11.8 Å². The van der Waals surface area contributed by atoms with Crippen LogP contribution in [0, 0.1) is 18.8 Å². The molecule has 1 aliphatic heterocycles. The SMILES string of the molecule is Cc1nccc(N2C[C@H]3CC[C@@H](C2)[C@@H]3Nc2nc3c(OC(C)C(F)(F)F)cccn3n2)n1. The van der Waals surface area contributed by atoms with Crippen molar-refractivity contribution in [2.45, 2.75) is 45.0 Å². The molecule has 11 heteroatoms. The summed E-state index contributed by atoms with van der Waals surface area (Å²) >= 11 is 0. The van der Waals surface area contributed by atoms with Gasteiger partial charge in [0.2, 0.25) is 5.95 Å². The number of pyridine rings is 1. The van der Waals surface area contributed by atoms with Gasteiger partial charge in [0.05, 0.1) is 0 Å². The van der Waals surface area contributed by atoms with E-state index in [1.807, 2.05) is 13.0 Å². The maximum atomic E-state index is 12.9. The lowest BCUT2D eigenvalue weighted by Crippen LogP contribution is -2.48. The summed E-state index contributed by atoms with van der Waals surface area (Å²) in [5, 5.41) is 7.87. The van der Waals surface area contributed by atoms with Crippen molar-refractivity contribution in [1.82, 2.24) is 24.6 Å². The minimum Gasteiger partial charge on any atom is -0.477 e. The molecule has 0 aromatic carbocycles. The highest BCUT2D eigenvalue weighted by Crippen LogP contribution is 2.39. The van der Waals surface area contributed by atoms with Crippen LogP contribution < -0.4 is 15.0 Å². The van der Waals surface area contributed by atoms with E-state index in [4.69, 9.17) is 4.74 Å². The van der Waals surface area contributed by atoms with Crippen molar-refractivity contribution in [3.05, 3.63) is 36.4 Å². The quantitative estimate of drug-likeness (QED) is 0.641. The Balaban J connectivity index is 1.33. The van der Waals surface area contributed by atoms with Crippen LogP contribution in [0.1, 0.15) is 25.6 Å². The molecule has 1 aliphatic carbocycles. The van der Waals surface area contributed by atoms with Gasteiger partial charge in [0.1, 0.15) is 11.6 Å². The number of nitrogens with one attached hydrogen (secondary N) is 1.